The van der Waals surface area contributed by atoms with Crippen molar-refractivity contribution >= 4 is 23.2 Å². The highest BCUT2D eigenvalue weighted by atomic mass is 32.1. The first-order valence-electron chi connectivity index (χ1n) is 12.2. The summed E-state index contributed by atoms with van der Waals surface area (Å²) in [6.07, 6.45) is -2.14. The number of piperidine rings is 1. The van der Waals surface area contributed by atoms with E-state index < -0.39 is 11.7 Å². The highest BCUT2D eigenvalue weighted by molar-refractivity contribution is 7.15. The van der Waals surface area contributed by atoms with Gasteiger partial charge in [-0.15, -0.1) is 11.3 Å². The number of amides is 2. The first-order chi connectivity index (χ1) is 17.7. The summed E-state index contributed by atoms with van der Waals surface area (Å²) in [5, 5.41) is 3.60. The lowest BCUT2D eigenvalue weighted by Gasteiger charge is -2.28. The third-order valence-electron chi connectivity index (χ3n) is 7.32. The number of carbonyl (C=O) groups excluding carboxylic acids is 2. The van der Waals surface area contributed by atoms with E-state index in [1.165, 1.54) is 17.4 Å². The largest absolute Gasteiger partial charge is 0.493 e. The van der Waals surface area contributed by atoms with E-state index in [2.05, 4.69) is 10.3 Å². The summed E-state index contributed by atoms with van der Waals surface area (Å²) >= 11 is 1.21. The van der Waals surface area contributed by atoms with Crippen LogP contribution in [0.3, 0.4) is 0 Å². The van der Waals surface area contributed by atoms with Crippen molar-refractivity contribution in [3.05, 3.63) is 69.9 Å². The zero-order valence-corrected chi connectivity index (χ0v) is 20.8. The van der Waals surface area contributed by atoms with E-state index in [0.29, 0.717) is 46.5 Å². The molecule has 2 aliphatic heterocycles. The van der Waals surface area contributed by atoms with Gasteiger partial charge in [0.05, 0.1) is 28.1 Å². The molecule has 1 aromatic heterocycles. The van der Waals surface area contributed by atoms with E-state index in [-0.39, 0.29) is 29.6 Å². The fourth-order valence-corrected chi connectivity index (χ4v) is 6.43. The van der Waals surface area contributed by atoms with E-state index in [1.807, 2.05) is 6.07 Å². The van der Waals surface area contributed by atoms with Crippen LogP contribution in [0.1, 0.15) is 49.8 Å². The lowest BCUT2D eigenvalue weighted by Crippen LogP contribution is -2.45. The molecule has 6 rings (SSSR count). The van der Waals surface area contributed by atoms with E-state index in [4.69, 9.17) is 4.74 Å². The van der Waals surface area contributed by atoms with Crippen LogP contribution in [0.5, 0.6) is 5.75 Å². The minimum atomic E-state index is -4.48. The number of nitrogens with zero attached hydrogens (tertiary/aromatic N) is 2. The minimum Gasteiger partial charge on any atom is -0.493 e. The molecule has 1 N–H and O–H groups in total. The fraction of sp³-hybridized carbons (Fsp3) is 0.370. The van der Waals surface area contributed by atoms with Gasteiger partial charge in [0, 0.05) is 30.1 Å². The predicted molar refractivity (Wildman–Crippen MR) is 132 cm³/mol. The molecular formula is C27H24F3N3O3S. The molecule has 192 valence electrons. The average Bonchev–Trinajstić information content (AvgIpc) is 3.21. The number of thiazole rings is 1. The summed E-state index contributed by atoms with van der Waals surface area (Å²) in [5.41, 5.74) is 1.20. The van der Waals surface area contributed by atoms with Gasteiger partial charge in [0.25, 0.3) is 11.8 Å². The summed E-state index contributed by atoms with van der Waals surface area (Å²) in [7, 11) is 0. The van der Waals surface area contributed by atoms with Gasteiger partial charge in [-0.25, -0.2) is 4.98 Å². The molecule has 2 aromatic carbocycles. The van der Waals surface area contributed by atoms with Gasteiger partial charge in [0.1, 0.15) is 11.4 Å². The molecule has 1 saturated carbocycles. The van der Waals surface area contributed by atoms with E-state index >= 15 is 0 Å². The Morgan fingerprint density at radius 2 is 2.00 bits per heavy atom. The Balaban J connectivity index is 1.23. The molecule has 2 amide bonds. The lowest BCUT2D eigenvalue weighted by atomic mass is 10.0. The number of halogens is 3. The number of alkyl halides is 3. The Hall–Kier alpha value is -3.40. The number of ether oxygens (including phenoxy) is 1. The number of nitrogens with one attached hydrogen (secondary N) is 1. The van der Waals surface area contributed by atoms with Gasteiger partial charge in [-0.05, 0) is 55.5 Å². The summed E-state index contributed by atoms with van der Waals surface area (Å²) in [4.78, 5) is 33.4. The topological polar surface area (TPSA) is 71.5 Å². The molecule has 1 saturated heterocycles. The van der Waals surface area contributed by atoms with Crippen molar-refractivity contribution in [2.24, 2.45) is 5.92 Å². The maximum absolute atomic E-state index is 13.8. The smallest absolute Gasteiger partial charge is 0.416 e. The molecule has 1 aliphatic carbocycles. The standard InChI is InChI=1S/C27H24F3N3O3S/c1-14-32-23(24(37-14)15-4-2-5-17(10-15)27(28,29)30)26(35)33-18(11-16-12-21(16)33)13-31-25(34)20-6-3-7-22-19(20)8-9-36-22/h2-7,10,16,18,21H,8-9,11-13H2,1H3,(H,31,34)/t16-,18+,21+/m1/s1. The monoisotopic (exact) mass is 527 g/mol. The maximum Gasteiger partial charge on any atom is 0.416 e. The number of aryl methyl sites for hydroxylation is 1. The van der Waals surface area contributed by atoms with E-state index in [1.54, 1.807) is 30.0 Å². The van der Waals surface area contributed by atoms with Gasteiger partial charge in [0.2, 0.25) is 0 Å². The highest BCUT2D eigenvalue weighted by Gasteiger charge is 2.54. The number of aromatic nitrogens is 1. The summed E-state index contributed by atoms with van der Waals surface area (Å²) < 4.78 is 45.5. The van der Waals surface area contributed by atoms with Crippen LogP contribution < -0.4 is 10.1 Å². The van der Waals surface area contributed by atoms with Gasteiger partial charge in [0.15, 0.2) is 0 Å². The fourth-order valence-electron chi connectivity index (χ4n) is 5.52. The molecule has 6 nitrogen and oxygen atoms in total. The number of carbonyl (C=O) groups is 2. The van der Waals surface area contributed by atoms with Crippen LogP contribution in [0, 0.1) is 12.8 Å². The van der Waals surface area contributed by atoms with Gasteiger partial charge in [-0.2, -0.15) is 13.2 Å². The van der Waals surface area contributed by atoms with Gasteiger partial charge < -0.3 is 15.0 Å². The summed E-state index contributed by atoms with van der Waals surface area (Å²) in [5.74, 6) is 0.601. The first-order valence-corrected chi connectivity index (χ1v) is 13.0. The van der Waals surface area contributed by atoms with E-state index in [0.717, 1.165) is 36.3 Å². The zero-order valence-electron chi connectivity index (χ0n) is 20.0. The lowest BCUT2D eigenvalue weighted by molar-refractivity contribution is -0.137. The number of hydrogen-bond donors (Lipinski definition) is 1. The number of likely N-dealkylation sites (tertiary alicyclic amines) is 1. The number of rotatable bonds is 5. The molecule has 3 aliphatic rings. The highest BCUT2D eigenvalue weighted by Crippen LogP contribution is 2.49. The van der Waals surface area contributed by atoms with Crippen LogP contribution in [0.2, 0.25) is 0 Å². The quantitative estimate of drug-likeness (QED) is 0.501. The Kier molecular flexibility index (Phi) is 5.74. The molecule has 37 heavy (non-hydrogen) atoms. The molecule has 10 heteroatoms. The number of fused-ring (bicyclic) bond motifs is 2. The summed E-state index contributed by atoms with van der Waals surface area (Å²) in [6.45, 7) is 2.58. The first kappa shape index (κ1) is 24.0. The SMILES string of the molecule is Cc1nc(C(=O)N2[C@H](CNC(=O)c3cccc4c3CCO4)C[C@@H]3C[C@@H]32)c(-c2cccc(C(F)(F)F)c2)s1. The van der Waals surface area contributed by atoms with Crippen LogP contribution in [-0.2, 0) is 12.6 Å². The molecule has 0 bridgehead atoms. The van der Waals surface area contributed by atoms with Gasteiger partial charge in [-0.1, -0.05) is 18.2 Å². The van der Waals surface area contributed by atoms with Crippen LogP contribution in [0.15, 0.2) is 42.5 Å². The molecule has 0 spiro atoms. The van der Waals surface area contributed by atoms with Crippen LogP contribution in [0.25, 0.3) is 10.4 Å². The Bertz CT molecular complexity index is 1400. The second kappa shape index (κ2) is 8.86. The van der Waals surface area contributed by atoms with E-state index in [9.17, 15) is 22.8 Å². The molecule has 3 aromatic rings. The van der Waals surface area contributed by atoms with Crippen molar-refractivity contribution in [3.63, 3.8) is 0 Å². The predicted octanol–water partition coefficient (Wildman–Crippen LogP) is 5.11. The second-order valence-corrected chi connectivity index (χ2v) is 10.9. The van der Waals surface area contributed by atoms with Gasteiger partial charge in [-0.3, -0.25) is 9.59 Å². The van der Waals surface area contributed by atoms with Crippen molar-refractivity contribution in [2.75, 3.05) is 13.2 Å². The number of benzene rings is 2. The van der Waals surface area contributed by atoms with Crippen LogP contribution in [-0.4, -0.2) is 46.9 Å². The molecule has 2 fully saturated rings. The van der Waals surface area contributed by atoms with Crippen molar-refractivity contribution in [1.82, 2.24) is 15.2 Å². The number of hydrogen-bond acceptors (Lipinski definition) is 5. The molecule has 3 atom stereocenters. The van der Waals surface area contributed by atoms with Crippen molar-refractivity contribution in [1.29, 1.82) is 0 Å². The summed E-state index contributed by atoms with van der Waals surface area (Å²) in [6, 6.07) is 10.3. The molecule has 0 unspecified atom stereocenters. The third-order valence-corrected chi connectivity index (χ3v) is 8.34. The van der Waals surface area contributed by atoms with Crippen molar-refractivity contribution in [3.8, 4) is 16.2 Å². The van der Waals surface area contributed by atoms with Crippen molar-refractivity contribution < 1.29 is 27.5 Å². The third kappa shape index (κ3) is 4.37. The Morgan fingerprint density at radius 1 is 1.19 bits per heavy atom. The average molecular weight is 528 g/mol. The van der Waals surface area contributed by atoms with Crippen molar-refractivity contribution in [2.45, 2.75) is 44.4 Å². The Morgan fingerprint density at radius 3 is 2.81 bits per heavy atom. The Labute approximate surface area is 215 Å². The van der Waals surface area contributed by atoms with Crippen LogP contribution in [0.4, 0.5) is 13.2 Å². The normalized spacial score (nSPS) is 21.8. The molecule has 0 radical (unpaired) electrons. The maximum atomic E-state index is 13.8. The van der Waals surface area contributed by atoms with Crippen LogP contribution >= 0.6 is 11.3 Å². The molecule has 3 heterocycles. The second-order valence-electron chi connectivity index (χ2n) is 9.75. The minimum absolute atomic E-state index is 0.0696. The zero-order chi connectivity index (χ0) is 25.9. The molecular weight excluding hydrogens is 503 g/mol. The van der Waals surface area contributed by atoms with Gasteiger partial charge >= 0.3 is 6.18 Å².